The first-order valence-corrected chi connectivity index (χ1v) is 20.3. The molecule has 0 N–H and O–H groups in total. The SMILES string of the molecule is c1ccc(-c2ccc(-c3cccc(-c4ccc5sc6c(-n7c8ccccc8c8cc(-n9c%10ccccc%10c%10ccccc%109)ccc87)cccc6c5c4)c3)cc2)cc1. The van der Waals surface area contributed by atoms with Crippen LogP contribution in [0.2, 0.25) is 0 Å². The van der Waals surface area contributed by atoms with E-state index in [9.17, 15) is 0 Å². The van der Waals surface area contributed by atoms with E-state index in [0.717, 1.165) is 0 Å². The highest BCUT2D eigenvalue weighted by molar-refractivity contribution is 7.26. The van der Waals surface area contributed by atoms with Crippen LogP contribution in [0.15, 0.2) is 206 Å². The predicted octanol–water partition coefficient (Wildman–Crippen LogP) is 15.2. The Morgan fingerprint density at radius 2 is 0.772 bits per heavy atom. The van der Waals surface area contributed by atoms with Gasteiger partial charge in [0.1, 0.15) is 0 Å². The molecule has 0 spiro atoms. The van der Waals surface area contributed by atoms with Crippen LogP contribution in [-0.2, 0) is 0 Å². The van der Waals surface area contributed by atoms with Crippen LogP contribution < -0.4 is 0 Å². The molecule has 9 aromatic carbocycles. The Balaban J connectivity index is 0.974. The lowest BCUT2D eigenvalue weighted by molar-refractivity contribution is 1.17. The third-order valence-electron chi connectivity index (χ3n) is 11.7. The molecular formula is C54H34N2S. The minimum atomic E-state index is 1.17. The Morgan fingerprint density at radius 1 is 0.281 bits per heavy atom. The van der Waals surface area contributed by atoms with Gasteiger partial charge in [0.2, 0.25) is 0 Å². The summed E-state index contributed by atoms with van der Waals surface area (Å²) in [6, 6.07) is 75.6. The maximum atomic E-state index is 2.48. The van der Waals surface area contributed by atoms with Crippen molar-refractivity contribution in [1.82, 2.24) is 9.13 Å². The molecule has 0 aliphatic carbocycles. The zero-order chi connectivity index (χ0) is 37.5. The molecule has 57 heavy (non-hydrogen) atoms. The minimum Gasteiger partial charge on any atom is -0.309 e. The monoisotopic (exact) mass is 742 g/mol. The van der Waals surface area contributed by atoms with E-state index < -0.39 is 0 Å². The van der Waals surface area contributed by atoms with Gasteiger partial charge in [-0.25, -0.2) is 0 Å². The van der Waals surface area contributed by atoms with Crippen LogP contribution in [0.4, 0.5) is 0 Å². The lowest BCUT2D eigenvalue weighted by Gasteiger charge is -2.11. The summed E-state index contributed by atoms with van der Waals surface area (Å²) in [6.07, 6.45) is 0. The largest absolute Gasteiger partial charge is 0.309 e. The lowest BCUT2D eigenvalue weighted by atomic mass is 9.96. The van der Waals surface area contributed by atoms with Crippen molar-refractivity contribution < 1.29 is 0 Å². The summed E-state index contributed by atoms with van der Waals surface area (Å²) in [5, 5.41) is 7.63. The third-order valence-corrected chi connectivity index (χ3v) is 12.9. The summed E-state index contributed by atoms with van der Waals surface area (Å²) in [5.41, 5.74) is 14.6. The van der Waals surface area contributed by atoms with Gasteiger partial charge in [0, 0.05) is 42.7 Å². The standard InChI is InChI=1S/C54H34N2S/c1-2-12-35(13-3-1)36-24-26-37(27-25-36)38-14-10-15-39(32-38)40-28-31-53-47(33-40)45-19-11-23-52(54(45)57-53)56-50-22-9-6-18-44(50)46-34-41(29-30-51(46)56)55-48-20-7-4-16-42(48)43-17-5-8-21-49(43)55/h1-34H. The van der Waals surface area contributed by atoms with Crippen molar-refractivity contribution >= 4 is 75.1 Å². The lowest BCUT2D eigenvalue weighted by Crippen LogP contribution is -1.96. The molecule has 0 amide bonds. The molecule has 0 aliphatic heterocycles. The summed E-state index contributed by atoms with van der Waals surface area (Å²) in [5.74, 6) is 0. The average Bonchev–Trinajstić information content (AvgIpc) is 3.94. The minimum absolute atomic E-state index is 1.17. The van der Waals surface area contributed by atoms with Gasteiger partial charge in [-0.2, -0.15) is 0 Å². The maximum Gasteiger partial charge on any atom is 0.0640 e. The number of thiophene rings is 1. The number of aromatic nitrogens is 2. The smallest absolute Gasteiger partial charge is 0.0640 e. The molecule has 0 fully saturated rings. The molecule has 2 nitrogen and oxygen atoms in total. The molecule has 3 aromatic heterocycles. The van der Waals surface area contributed by atoms with E-state index >= 15 is 0 Å². The first-order chi connectivity index (χ1) is 28.3. The fourth-order valence-corrected chi connectivity index (χ4v) is 10.3. The van der Waals surface area contributed by atoms with E-state index in [1.54, 1.807) is 0 Å². The topological polar surface area (TPSA) is 9.86 Å². The Kier molecular flexibility index (Phi) is 7.13. The zero-order valence-corrected chi connectivity index (χ0v) is 31.7. The fraction of sp³-hybridized carbons (Fsp3) is 0. The second kappa shape index (κ2) is 12.7. The number of fused-ring (bicyclic) bond motifs is 9. The van der Waals surface area contributed by atoms with E-state index in [2.05, 4.69) is 215 Å². The predicted molar refractivity (Wildman–Crippen MR) is 244 cm³/mol. The summed E-state index contributed by atoms with van der Waals surface area (Å²) in [4.78, 5) is 0. The van der Waals surface area contributed by atoms with Crippen molar-refractivity contribution in [2.24, 2.45) is 0 Å². The second-order valence-electron chi connectivity index (χ2n) is 14.9. The van der Waals surface area contributed by atoms with E-state index in [-0.39, 0.29) is 0 Å². The van der Waals surface area contributed by atoms with Gasteiger partial charge in [-0.05, 0) is 94.0 Å². The van der Waals surface area contributed by atoms with Crippen molar-refractivity contribution in [3.63, 3.8) is 0 Å². The summed E-state index contributed by atoms with van der Waals surface area (Å²) < 4.78 is 7.48. The van der Waals surface area contributed by atoms with Crippen LogP contribution in [0.3, 0.4) is 0 Å². The first kappa shape index (κ1) is 32.1. The molecule has 0 aliphatic rings. The summed E-state index contributed by atoms with van der Waals surface area (Å²) in [6.45, 7) is 0. The molecule has 0 bridgehead atoms. The molecule has 12 aromatic rings. The normalized spacial score (nSPS) is 11.9. The van der Waals surface area contributed by atoms with Crippen molar-refractivity contribution in [3.8, 4) is 44.8 Å². The number of hydrogen-bond donors (Lipinski definition) is 0. The Morgan fingerprint density at radius 3 is 1.49 bits per heavy atom. The quantitative estimate of drug-likeness (QED) is 0.166. The van der Waals surface area contributed by atoms with Crippen LogP contribution in [-0.4, -0.2) is 9.13 Å². The molecule has 3 heterocycles. The van der Waals surface area contributed by atoms with E-state index in [0.29, 0.717) is 0 Å². The Labute approximate surface area is 333 Å². The number of para-hydroxylation sites is 3. The molecule has 0 radical (unpaired) electrons. The van der Waals surface area contributed by atoms with Crippen LogP contribution in [0, 0.1) is 0 Å². The van der Waals surface area contributed by atoms with Gasteiger partial charge in [-0.1, -0.05) is 146 Å². The van der Waals surface area contributed by atoms with Gasteiger partial charge in [-0.15, -0.1) is 11.3 Å². The molecule has 12 rings (SSSR count). The highest BCUT2D eigenvalue weighted by atomic mass is 32.1. The van der Waals surface area contributed by atoms with Crippen molar-refractivity contribution in [1.29, 1.82) is 0 Å². The average molecular weight is 743 g/mol. The zero-order valence-electron chi connectivity index (χ0n) is 30.9. The number of benzene rings is 9. The Bertz CT molecular complexity index is 3460. The molecule has 0 atom stereocenters. The van der Waals surface area contributed by atoms with Crippen LogP contribution in [0.1, 0.15) is 0 Å². The van der Waals surface area contributed by atoms with E-state index in [4.69, 9.17) is 0 Å². The van der Waals surface area contributed by atoms with Gasteiger partial charge in [0.25, 0.3) is 0 Å². The second-order valence-corrected chi connectivity index (χ2v) is 16.0. The summed E-state index contributed by atoms with van der Waals surface area (Å²) >= 11 is 1.89. The molecule has 3 heteroatoms. The van der Waals surface area contributed by atoms with Gasteiger partial charge in [0.05, 0.1) is 32.5 Å². The number of hydrogen-bond acceptors (Lipinski definition) is 1. The van der Waals surface area contributed by atoms with Crippen LogP contribution in [0.5, 0.6) is 0 Å². The van der Waals surface area contributed by atoms with Crippen LogP contribution >= 0.6 is 11.3 Å². The molecular weight excluding hydrogens is 709 g/mol. The molecule has 266 valence electrons. The van der Waals surface area contributed by atoms with Crippen LogP contribution in [0.25, 0.3) is 109 Å². The number of nitrogens with zero attached hydrogens (tertiary/aromatic N) is 2. The highest BCUT2D eigenvalue weighted by Gasteiger charge is 2.19. The van der Waals surface area contributed by atoms with Gasteiger partial charge < -0.3 is 9.13 Å². The molecule has 0 unspecified atom stereocenters. The van der Waals surface area contributed by atoms with Crippen molar-refractivity contribution in [3.05, 3.63) is 206 Å². The summed E-state index contributed by atoms with van der Waals surface area (Å²) in [7, 11) is 0. The van der Waals surface area contributed by atoms with Gasteiger partial charge in [-0.3, -0.25) is 0 Å². The van der Waals surface area contributed by atoms with Crippen molar-refractivity contribution in [2.45, 2.75) is 0 Å². The maximum absolute atomic E-state index is 2.48. The van der Waals surface area contributed by atoms with Crippen molar-refractivity contribution in [2.75, 3.05) is 0 Å². The highest BCUT2D eigenvalue weighted by Crippen LogP contribution is 2.43. The first-order valence-electron chi connectivity index (χ1n) is 19.5. The molecule has 0 saturated heterocycles. The Hall–Kier alpha value is -7.20. The van der Waals surface area contributed by atoms with Gasteiger partial charge >= 0.3 is 0 Å². The fourth-order valence-electron chi connectivity index (χ4n) is 9.06. The third kappa shape index (κ3) is 5.03. The van der Waals surface area contributed by atoms with Gasteiger partial charge in [0.15, 0.2) is 0 Å². The number of rotatable bonds is 5. The van der Waals surface area contributed by atoms with E-state index in [1.165, 1.54) is 109 Å². The molecule has 0 saturated carbocycles. The van der Waals surface area contributed by atoms with E-state index in [1.807, 2.05) is 11.3 Å².